The maximum atomic E-state index is 9.19. The Balaban J connectivity index is 1.89. The second-order valence-corrected chi connectivity index (χ2v) is 4.11. The first-order chi connectivity index (χ1) is 8.81. The Bertz CT molecular complexity index is 657. The SMILES string of the molecule is Oc1ccc(/C=C/c2cc3ccccc3o2)cc1. The monoisotopic (exact) mass is 236 g/mol. The highest BCUT2D eigenvalue weighted by atomic mass is 16.3. The van der Waals surface area contributed by atoms with Crippen LogP contribution in [0.4, 0.5) is 0 Å². The molecule has 0 bridgehead atoms. The Morgan fingerprint density at radius 1 is 0.889 bits per heavy atom. The molecule has 2 heteroatoms. The van der Waals surface area contributed by atoms with E-state index in [2.05, 4.69) is 0 Å². The van der Waals surface area contributed by atoms with Crippen molar-refractivity contribution in [1.82, 2.24) is 0 Å². The van der Waals surface area contributed by atoms with Crippen LogP contribution in [-0.2, 0) is 0 Å². The molecule has 0 atom stereocenters. The van der Waals surface area contributed by atoms with Crippen molar-refractivity contribution >= 4 is 23.1 Å². The molecule has 0 fully saturated rings. The normalized spacial score (nSPS) is 11.3. The van der Waals surface area contributed by atoms with Crippen molar-refractivity contribution < 1.29 is 9.52 Å². The molecule has 0 saturated carbocycles. The Hall–Kier alpha value is -2.48. The van der Waals surface area contributed by atoms with Crippen LogP contribution in [0.25, 0.3) is 23.1 Å². The number of rotatable bonds is 2. The predicted octanol–water partition coefficient (Wildman–Crippen LogP) is 4.31. The van der Waals surface area contributed by atoms with Crippen molar-refractivity contribution in [2.75, 3.05) is 0 Å². The second kappa shape index (κ2) is 4.41. The fraction of sp³-hybridized carbons (Fsp3) is 0. The first kappa shape index (κ1) is 10.7. The molecule has 0 aliphatic heterocycles. The molecule has 1 N–H and O–H groups in total. The highest BCUT2D eigenvalue weighted by molar-refractivity contribution is 5.81. The van der Waals surface area contributed by atoms with Gasteiger partial charge >= 0.3 is 0 Å². The lowest BCUT2D eigenvalue weighted by molar-refractivity contribution is 0.475. The lowest BCUT2D eigenvalue weighted by Crippen LogP contribution is -1.70. The van der Waals surface area contributed by atoms with Crippen LogP contribution in [0, 0.1) is 0 Å². The summed E-state index contributed by atoms with van der Waals surface area (Å²) in [7, 11) is 0. The quantitative estimate of drug-likeness (QED) is 0.719. The number of para-hydroxylation sites is 1. The molecular weight excluding hydrogens is 224 g/mol. The van der Waals surface area contributed by atoms with Gasteiger partial charge in [-0.15, -0.1) is 0 Å². The Labute approximate surface area is 105 Å². The Morgan fingerprint density at radius 2 is 1.67 bits per heavy atom. The van der Waals surface area contributed by atoms with Gasteiger partial charge in [0.2, 0.25) is 0 Å². The highest BCUT2D eigenvalue weighted by Crippen LogP contribution is 2.20. The van der Waals surface area contributed by atoms with Gasteiger partial charge in [-0.05, 0) is 35.9 Å². The zero-order valence-corrected chi connectivity index (χ0v) is 9.71. The van der Waals surface area contributed by atoms with Crippen molar-refractivity contribution in [3.05, 3.63) is 65.9 Å². The first-order valence-electron chi connectivity index (χ1n) is 5.77. The number of furan rings is 1. The molecule has 2 aromatic carbocycles. The fourth-order valence-electron chi connectivity index (χ4n) is 1.85. The number of hydrogen-bond acceptors (Lipinski definition) is 2. The van der Waals surface area contributed by atoms with Gasteiger partial charge in [0.15, 0.2) is 0 Å². The molecule has 0 spiro atoms. The molecule has 0 aliphatic carbocycles. The van der Waals surface area contributed by atoms with Crippen LogP contribution in [0.1, 0.15) is 11.3 Å². The summed E-state index contributed by atoms with van der Waals surface area (Å²) in [5, 5.41) is 10.3. The van der Waals surface area contributed by atoms with Gasteiger partial charge < -0.3 is 9.52 Å². The van der Waals surface area contributed by atoms with Crippen LogP contribution in [0.2, 0.25) is 0 Å². The largest absolute Gasteiger partial charge is 0.508 e. The summed E-state index contributed by atoms with van der Waals surface area (Å²) in [6, 6.07) is 17.0. The zero-order valence-electron chi connectivity index (χ0n) is 9.71. The van der Waals surface area contributed by atoms with E-state index in [-0.39, 0.29) is 5.75 Å². The minimum absolute atomic E-state index is 0.274. The van der Waals surface area contributed by atoms with Crippen molar-refractivity contribution in [3.63, 3.8) is 0 Å². The van der Waals surface area contributed by atoms with E-state index in [4.69, 9.17) is 4.42 Å². The molecule has 3 aromatic rings. The van der Waals surface area contributed by atoms with E-state index in [1.807, 2.05) is 54.6 Å². The van der Waals surface area contributed by atoms with Gasteiger partial charge in [0.25, 0.3) is 0 Å². The Morgan fingerprint density at radius 3 is 2.44 bits per heavy atom. The molecule has 0 amide bonds. The maximum absolute atomic E-state index is 9.19. The summed E-state index contributed by atoms with van der Waals surface area (Å²) >= 11 is 0. The summed E-state index contributed by atoms with van der Waals surface area (Å²) in [4.78, 5) is 0. The van der Waals surface area contributed by atoms with Crippen LogP contribution >= 0.6 is 0 Å². The molecule has 88 valence electrons. The molecule has 0 saturated heterocycles. The summed E-state index contributed by atoms with van der Waals surface area (Å²) < 4.78 is 5.68. The van der Waals surface area contributed by atoms with E-state index in [1.165, 1.54) is 0 Å². The second-order valence-electron chi connectivity index (χ2n) is 4.11. The van der Waals surface area contributed by atoms with E-state index >= 15 is 0 Å². The third-order valence-corrected chi connectivity index (χ3v) is 2.78. The molecule has 0 unspecified atom stereocenters. The number of benzene rings is 2. The van der Waals surface area contributed by atoms with E-state index in [9.17, 15) is 5.11 Å². The molecule has 1 aromatic heterocycles. The van der Waals surface area contributed by atoms with Gasteiger partial charge in [0, 0.05) is 5.39 Å². The molecular formula is C16H12O2. The summed E-state index contributed by atoms with van der Waals surface area (Å²) in [6.45, 7) is 0. The smallest absolute Gasteiger partial charge is 0.134 e. The van der Waals surface area contributed by atoms with Crippen molar-refractivity contribution in [2.45, 2.75) is 0 Å². The van der Waals surface area contributed by atoms with E-state index in [1.54, 1.807) is 12.1 Å². The lowest BCUT2D eigenvalue weighted by atomic mass is 10.2. The average molecular weight is 236 g/mol. The van der Waals surface area contributed by atoms with Gasteiger partial charge in [-0.1, -0.05) is 36.4 Å². The third-order valence-electron chi connectivity index (χ3n) is 2.78. The molecule has 0 aliphatic rings. The van der Waals surface area contributed by atoms with E-state index in [0.717, 1.165) is 22.3 Å². The van der Waals surface area contributed by atoms with Crippen molar-refractivity contribution in [3.8, 4) is 5.75 Å². The molecule has 0 radical (unpaired) electrons. The van der Waals surface area contributed by atoms with Gasteiger partial charge in [-0.2, -0.15) is 0 Å². The van der Waals surface area contributed by atoms with Gasteiger partial charge in [-0.3, -0.25) is 0 Å². The van der Waals surface area contributed by atoms with Crippen LogP contribution < -0.4 is 0 Å². The highest BCUT2D eigenvalue weighted by Gasteiger charge is 1.99. The number of fused-ring (bicyclic) bond motifs is 1. The molecule has 2 nitrogen and oxygen atoms in total. The van der Waals surface area contributed by atoms with E-state index in [0.29, 0.717) is 0 Å². The average Bonchev–Trinajstić information content (AvgIpc) is 2.81. The number of hydrogen-bond donors (Lipinski definition) is 1. The summed E-state index contributed by atoms with van der Waals surface area (Å²) in [5.74, 6) is 1.10. The molecule has 1 heterocycles. The first-order valence-corrected chi connectivity index (χ1v) is 5.77. The topological polar surface area (TPSA) is 33.4 Å². The van der Waals surface area contributed by atoms with Crippen LogP contribution in [0.15, 0.2) is 59.0 Å². The molecule has 18 heavy (non-hydrogen) atoms. The third kappa shape index (κ3) is 2.13. The number of phenolic OH excluding ortho intramolecular Hbond substituents is 1. The number of aromatic hydroxyl groups is 1. The molecule has 3 rings (SSSR count). The van der Waals surface area contributed by atoms with Gasteiger partial charge in [-0.25, -0.2) is 0 Å². The van der Waals surface area contributed by atoms with Crippen molar-refractivity contribution in [2.24, 2.45) is 0 Å². The van der Waals surface area contributed by atoms with Crippen LogP contribution in [0.5, 0.6) is 5.75 Å². The van der Waals surface area contributed by atoms with Crippen molar-refractivity contribution in [1.29, 1.82) is 0 Å². The van der Waals surface area contributed by atoms with Gasteiger partial charge in [0.1, 0.15) is 17.1 Å². The Kier molecular flexibility index (Phi) is 2.61. The minimum atomic E-state index is 0.274. The standard InChI is InChI=1S/C16H12O2/c17-14-8-5-12(6-9-14)7-10-15-11-13-3-1-2-4-16(13)18-15/h1-11,17H/b10-7+. The van der Waals surface area contributed by atoms with E-state index < -0.39 is 0 Å². The summed E-state index contributed by atoms with van der Waals surface area (Å²) in [5.41, 5.74) is 1.91. The van der Waals surface area contributed by atoms with Gasteiger partial charge in [0.05, 0.1) is 0 Å². The number of phenols is 1. The fourth-order valence-corrected chi connectivity index (χ4v) is 1.85. The summed E-state index contributed by atoms with van der Waals surface area (Å²) in [6.07, 6.45) is 3.88. The van der Waals surface area contributed by atoms with Crippen LogP contribution in [-0.4, -0.2) is 5.11 Å². The predicted molar refractivity (Wildman–Crippen MR) is 73.2 cm³/mol. The maximum Gasteiger partial charge on any atom is 0.134 e. The lowest BCUT2D eigenvalue weighted by Gasteiger charge is -1.93. The minimum Gasteiger partial charge on any atom is -0.508 e. The van der Waals surface area contributed by atoms with Crippen LogP contribution in [0.3, 0.4) is 0 Å². The zero-order chi connectivity index (χ0) is 12.4.